The van der Waals surface area contributed by atoms with E-state index >= 15 is 0 Å². The molecule has 1 rings (SSSR count). The van der Waals surface area contributed by atoms with E-state index in [1.54, 1.807) is 6.08 Å². The lowest BCUT2D eigenvalue weighted by Gasteiger charge is -2.48. The van der Waals surface area contributed by atoms with Crippen molar-refractivity contribution in [2.45, 2.75) is 87.1 Å². The zero-order valence-corrected chi connectivity index (χ0v) is 18.8. The van der Waals surface area contributed by atoms with E-state index in [1.807, 2.05) is 20.8 Å². The van der Waals surface area contributed by atoms with Gasteiger partial charge in [0.25, 0.3) is 0 Å². The van der Waals surface area contributed by atoms with Crippen LogP contribution in [0.25, 0.3) is 0 Å². The van der Waals surface area contributed by atoms with Crippen LogP contribution in [-0.2, 0) is 0 Å². The van der Waals surface area contributed by atoms with Crippen LogP contribution in [0, 0.1) is 11.3 Å². The van der Waals surface area contributed by atoms with Crippen LogP contribution in [0.15, 0.2) is 24.8 Å². The summed E-state index contributed by atoms with van der Waals surface area (Å²) in [7, 11) is 0. The summed E-state index contributed by atoms with van der Waals surface area (Å²) in [6, 6.07) is 0. The van der Waals surface area contributed by atoms with Gasteiger partial charge in [-0.2, -0.15) is 0 Å². The highest BCUT2D eigenvalue weighted by Gasteiger charge is 2.45. The Balaban J connectivity index is 2.90. The van der Waals surface area contributed by atoms with Crippen molar-refractivity contribution in [2.75, 3.05) is 0 Å². The van der Waals surface area contributed by atoms with Crippen LogP contribution in [0.4, 0.5) is 0 Å². The normalized spacial score (nSPS) is 32.2. The minimum absolute atomic E-state index is 0.0636. The summed E-state index contributed by atoms with van der Waals surface area (Å²) in [5, 5.41) is 20.5. The molecule has 0 spiro atoms. The van der Waals surface area contributed by atoms with Gasteiger partial charge >= 0.3 is 0 Å². The van der Waals surface area contributed by atoms with Gasteiger partial charge in [-0.1, -0.05) is 57.0 Å². The summed E-state index contributed by atoms with van der Waals surface area (Å²) >= 11 is 7.56. The minimum atomic E-state index is -0.828. The quantitative estimate of drug-likeness (QED) is 0.353. The molecule has 1 fully saturated rings. The summed E-state index contributed by atoms with van der Waals surface area (Å²) in [6.07, 6.45) is 7.27. The van der Waals surface area contributed by atoms with Gasteiger partial charge in [0.05, 0.1) is 11.2 Å². The fourth-order valence-corrected chi connectivity index (χ4v) is 4.70. The standard InChI is InChI=1S/C20H34Br2O2/c1-7-19(5,24)12-10-15-14(2)8-9-17(22)20(15,6)13-11-16(21)18(3,4)23/h7,15-17,23-24H,1-2,8-13H2,3-6H3/t15-,16?,17+,19?,20+/m1/s1. The fourth-order valence-electron chi connectivity index (χ4n) is 3.69. The van der Waals surface area contributed by atoms with E-state index in [9.17, 15) is 10.2 Å². The summed E-state index contributed by atoms with van der Waals surface area (Å²) in [5.41, 5.74) is -0.191. The molecule has 0 bridgehead atoms. The van der Waals surface area contributed by atoms with Gasteiger partial charge in [0, 0.05) is 9.65 Å². The second kappa shape index (κ2) is 8.37. The van der Waals surface area contributed by atoms with Crippen LogP contribution in [0.5, 0.6) is 0 Å². The first-order valence-electron chi connectivity index (χ1n) is 8.87. The van der Waals surface area contributed by atoms with Crippen LogP contribution in [0.1, 0.15) is 66.2 Å². The fraction of sp³-hybridized carbons (Fsp3) is 0.800. The lowest BCUT2D eigenvalue weighted by Crippen LogP contribution is -2.43. The molecule has 2 N–H and O–H groups in total. The van der Waals surface area contributed by atoms with Gasteiger partial charge in [-0.3, -0.25) is 0 Å². The first-order valence-corrected chi connectivity index (χ1v) is 10.7. The predicted molar refractivity (Wildman–Crippen MR) is 111 cm³/mol. The molecule has 0 radical (unpaired) electrons. The van der Waals surface area contributed by atoms with Gasteiger partial charge in [0.15, 0.2) is 0 Å². The SMILES string of the molecule is C=CC(C)(O)CC[C@@H]1C(=C)CC[C@H](Br)[C@@]1(C)CCC(Br)C(C)(C)O. The van der Waals surface area contributed by atoms with Crippen molar-refractivity contribution in [3.63, 3.8) is 0 Å². The summed E-state index contributed by atoms with van der Waals surface area (Å²) < 4.78 is 0. The Morgan fingerprint density at radius 2 is 1.96 bits per heavy atom. The first kappa shape index (κ1) is 22.4. The largest absolute Gasteiger partial charge is 0.389 e. The zero-order valence-electron chi connectivity index (χ0n) is 15.6. The van der Waals surface area contributed by atoms with Crippen molar-refractivity contribution >= 4 is 31.9 Å². The molecule has 1 saturated carbocycles. The zero-order chi connectivity index (χ0) is 18.8. The lowest BCUT2D eigenvalue weighted by molar-refractivity contribution is 0.0592. The van der Waals surface area contributed by atoms with Gasteiger partial charge in [-0.05, 0) is 70.6 Å². The van der Waals surface area contributed by atoms with Crippen LogP contribution >= 0.6 is 31.9 Å². The lowest BCUT2D eigenvalue weighted by atomic mass is 9.61. The van der Waals surface area contributed by atoms with E-state index < -0.39 is 11.2 Å². The third-order valence-electron chi connectivity index (χ3n) is 5.81. The van der Waals surface area contributed by atoms with Gasteiger partial charge < -0.3 is 10.2 Å². The predicted octanol–water partition coefficient (Wildman–Crippen LogP) is 5.75. The molecule has 0 aromatic rings. The van der Waals surface area contributed by atoms with E-state index in [2.05, 4.69) is 51.9 Å². The van der Waals surface area contributed by atoms with E-state index in [4.69, 9.17) is 0 Å². The van der Waals surface area contributed by atoms with Crippen LogP contribution in [-0.4, -0.2) is 31.1 Å². The maximum atomic E-state index is 10.3. The summed E-state index contributed by atoms with van der Waals surface area (Å²) in [6.45, 7) is 15.9. The van der Waals surface area contributed by atoms with Crippen molar-refractivity contribution in [3.8, 4) is 0 Å². The molecule has 140 valence electrons. The molecular weight excluding hydrogens is 432 g/mol. The Labute approximate surface area is 165 Å². The highest BCUT2D eigenvalue weighted by Crippen LogP contribution is 2.52. The van der Waals surface area contributed by atoms with E-state index in [0.717, 1.165) is 32.1 Å². The third kappa shape index (κ3) is 5.69. The minimum Gasteiger partial charge on any atom is -0.389 e. The third-order valence-corrected chi connectivity index (χ3v) is 8.89. The Hall–Kier alpha value is 0.360. The van der Waals surface area contributed by atoms with Crippen molar-refractivity contribution in [1.82, 2.24) is 0 Å². The number of hydrogen-bond donors (Lipinski definition) is 2. The van der Waals surface area contributed by atoms with Gasteiger partial charge in [-0.25, -0.2) is 0 Å². The van der Waals surface area contributed by atoms with Crippen LogP contribution in [0.3, 0.4) is 0 Å². The molecule has 0 saturated heterocycles. The topological polar surface area (TPSA) is 40.5 Å². The van der Waals surface area contributed by atoms with Crippen LogP contribution in [0.2, 0.25) is 0 Å². The molecule has 0 amide bonds. The molecule has 0 aromatic carbocycles. The molecule has 1 aliphatic carbocycles. The second-order valence-corrected chi connectivity index (χ2v) is 10.7. The number of rotatable bonds is 8. The molecule has 24 heavy (non-hydrogen) atoms. The smallest absolute Gasteiger partial charge is 0.0797 e. The maximum Gasteiger partial charge on any atom is 0.0797 e. The number of alkyl halides is 2. The van der Waals surface area contributed by atoms with Gasteiger partial charge in [-0.15, -0.1) is 6.58 Å². The Morgan fingerprint density at radius 3 is 2.46 bits per heavy atom. The van der Waals surface area contributed by atoms with Gasteiger partial charge in [0.2, 0.25) is 0 Å². The Morgan fingerprint density at radius 1 is 1.38 bits per heavy atom. The highest BCUT2D eigenvalue weighted by molar-refractivity contribution is 9.09. The maximum absolute atomic E-state index is 10.3. The van der Waals surface area contributed by atoms with Crippen molar-refractivity contribution in [3.05, 3.63) is 24.8 Å². The first-order chi connectivity index (χ1) is 10.8. The summed E-state index contributed by atoms with van der Waals surface area (Å²) in [5.74, 6) is 0.364. The number of allylic oxidation sites excluding steroid dienone is 1. The van der Waals surface area contributed by atoms with Crippen molar-refractivity contribution in [1.29, 1.82) is 0 Å². The average molecular weight is 466 g/mol. The Kier molecular flexibility index (Phi) is 7.81. The average Bonchev–Trinajstić information content (AvgIpc) is 2.47. The Bertz CT molecular complexity index is 453. The van der Waals surface area contributed by atoms with Crippen LogP contribution < -0.4 is 0 Å². The molecule has 1 aliphatic rings. The number of aliphatic hydroxyl groups is 2. The molecule has 5 atom stereocenters. The molecule has 2 nitrogen and oxygen atoms in total. The second-order valence-electron chi connectivity index (χ2n) is 8.48. The molecular formula is C20H34Br2O2. The van der Waals surface area contributed by atoms with E-state index in [-0.39, 0.29) is 10.2 Å². The monoisotopic (exact) mass is 464 g/mol. The number of halogens is 2. The molecule has 0 aliphatic heterocycles. The highest BCUT2D eigenvalue weighted by atomic mass is 79.9. The molecule has 4 heteroatoms. The van der Waals surface area contributed by atoms with Gasteiger partial charge in [0.1, 0.15) is 0 Å². The van der Waals surface area contributed by atoms with Crippen molar-refractivity contribution < 1.29 is 10.2 Å². The molecule has 0 aromatic heterocycles. The number of hydrogen-bond acceptors (Lipinski definition) is 2. The molecule has 0 heterocycles. The van der Waals surface area contributed by atoms with E-state index in [0.29, 0.717) is 17.2 Å². The van der Waals surface area contributed by atoms with E-state index in [1.165, 1.54) is 5.57 Å². The molecule has 2 unspecified atom stereocenters. The summed E-state index contributed by atoms with van der Waals surface area (Å²) in [4.78, 5) is 0.490. The van der Waals surface area contributed by atoms with Crippen molar-refractivity contribution in [2.24, 2.45) is 11.3 Å².